The van der Waals surface area contributed by atoms with Crippen molar-refractivity contribution >= 4 is 21.4 Å². The summed E-state index contributed by atoms with van der Waals surface area (Å²) in [5.74, 6) is 1.33. The molecule has 0 saturated carbocycles. The van der Waals surface area contributed by atoms with Gasteiger partial charge in [-0.25, -0.2) is 8.42 Å². The fraction of sp³-hybridized carbons (Fsp3) is 0.182. The summed E-state index contributed by atoms with van der Waals surface area (Å²) in [6.45, 7) is 3.84. The predicted molar refractivity (Wildman–Crippen MR) is 117 cm³/mol. The van der Waals surface area contributed by atoms with Crippen LogP contribution >= 0.6 is 0 Å². The Morgan fingerprint density at radius 1 is 1.03 bits per heavy atom. The summed E-state index contributed by atoms with van der Waals surface area (Å²) in [4.78, 5) is 0. The molecule has 0 aliphatic rings. The molecular weight excluding hydrogens is 400 g/mol. The highest BCUT2D eigenvalue weighted by Crippen LogP contribution is 2.33. The highest BCUT2D eigenvalue weighted by molar-refractivity contribution is 7.92. The van der Waals surface area contributed by atoms with Gasteiger partial charge in [0.05, 0.1) is 11.4 Å². The molecule has 4 rings (SSSR count). The van der Waals surface area contributed by atoms with Crippen molar-refractivity contribution in [2.45, 2.75) is 20.5 Å². The molecule has 1 N–H and O–H groups in total. The SMILES string of the molecule is CCS(=O)(=O)Nc1cc(-c2ccccc2OCc2ccccc2)cn2c(C)nnc12. The van der Waals surface area contributed by atoms with E-state index in [0.717, 1.165) is 16.7 Å². The van der Waals surface area contributed by atoms with Gasteiger partial charge < -0.3 is 4.74 Å². The highest BCUT2D eigenvalue weighted by Gasteiger charge is 2.16. The molecule has 8 heteroatoms. The fourth-order valence-electron chi connectivity index (χ4n) is 3.13. The van der Waals surface area contributed by atoms with Gasteiger partial charge in [-0.3, -0.25) is 9.12 Å². The molecule has 30 heavy (non-hydrogen) atoms. The number of nitrogens with one attached hydrogen (secondary N) is 1. The molecule has 0 atom stereocenters. The Kier molecular flexibility index (Phi) is 5.41. The first-order chi connectivity index (χ1) is 14.5. The maximum Gasteiger partial charge on any atom is 0.232 e. The predicted octanol–water partition coefficient (Wildman–Crippen LogP) is 4.05. The molecule has 0 spiro atoms. The van der Waals surface area contributed by atoms with Crippen molar-refractivity contribution < 1.29 is 13.2 Å². The monoisotopic (exact) mass is 422 g/mol. The maximum atomic E-state index is 12.2. The fourth-order valence-corrected chi connectivity index (χ4v) is 3.76. The van der Waals surface area contributed by atoms with Crippen molar-refractivity contribution in [3.05, 3.63) is 78.2 Å². The van der Waals surface area contributed by atoms with Crippen LogP contribution in [0.3, 0.4) is 0 Å². The summed E-state index contributed by atoms with van der Waals surface area (Å²) < 4.78 is 34.9. The zero-order valence-electron chi connectivity index (χ0n) is 16.7. The van der Waals surface area contributed by atoms with Gasteiger partial charge in [0.1, 0.15) is 18.2 Å². The van der Waals surface area contributed by atoms with Gasteiger partial charge in [0.15, 0.2) is 5.65 Å². The number of hydrogen-bond donors (Lipinski definition) is 1. The molecular formula is C22H22N4O3S. The van der Waals surface area contributed by atoms with E-state index in [4.69, 9.17) is 4.74 Å². The quantitative estimate of drug-likeness (QED) is 0.486. The lowest BCUT2D eigenvalue weighted by Crippen LogP contribution is -2.15. The smallest absolute Gasteiger partial charge is 0.232 e. The minimum Gasteiger partial charge on any atom is -0.488 e. The second-order valence-electron chi connectivity index (χ2n) is 6.86. The third-order valence-electron chi connectivity index (χ3n) is 4.76. The van der Waals surface area contributed by atoms with Crippen LogP contribution in [-0.4, -0.2) is 28.8 Å². The van der Waals surface area contributed by atoms with E-state index in [0.29, 0.717) is 29.5 Å². The van der Waals surface area contributed by atoms with Crippen LogP contribution in [-0.2, 0) is 16.6 Å². The van der Waals surface area contributed by atoms with Gasteiger partial charge in [0.25, 0.3) is 0 Å². The third-order valence-corrected chi connectivity index (χ3v) is 6.05. The molecule has 0 aliphatic heterocycles. The minimum atomic E-state index is -3.47. The summed E-state index contributed by atoms with van der Waals surface area (Å²) in [6, 6.07) is 19.4. The molecule has 2 aromatic carbocycles. The first kappa shape index (κ1) is 19.9. The first-order valence-electron chi connectivity index (χ1n) is 9.59. The molecule has 0 fully saturated rings. The number of fused-ring (bicyclic) bond motifs is 1. The minimum absolute atomic E-state index is 0.0344. The molecule has 2 aromatic heterocycles. The zero-order chi connectivity index (χ0) is 21.1. The number of aryl methyl sites for hydroxylation is 1. The van der Waals surface area contributed by atoms with E-state index in [1.165, 1.54) is 0 Å². The third kappa shape index (κ3) is 4.13. The number of anilines is 1. The number of pyridine rings is 1. The number of sulfonamides is 1. The van der Waals surface area contributed by atoms with E-state index in [2.05, 4.69) is 14.9 Å². The van der Waals surface area contributed by atoms with E-state index in [1.807, 2.05) is 67.7 Å². The van der Waals surface area contributed by atoms with E-state index in [9.17, 15) is 8.42 Å². The molecule has 2 heterocycles. The van der Waals surface area contributed by atoms with Crippen LogP contribution < -0.4 is 9.46 Å². The van der Waals surface area contributed by atoms with Gasteiger partial charge in [0, 0.05) is 17.3 Å². The lowest BCUT2D eigenvalue weighted by molar-refractivity contribution is 0.307. The zero-order valence-corrected chi connectivity index (χ0v) is 17.6. The van der Waals surface area contributed by atoms with Crippen molar-refractivity contribution in [3.63, 3.8) is 0 Å². The van der Waals surface area contributed by atoms with E-state index >= 15 is 0 Å². The lowest BCUT2D eigenvalue weighted by Gasteiger charge is -2.14. The molecule has 0 aliphatic carbocycles. The Labute approximate surface area is 175 Å². The lowest BCUT2D eigenvalue weighted by atomic mass is 10.1. The largest absolute Gasteiger partial charge is 0.488 e. The Morgan fingerprint density at radius 3 is 2.53 bits per heavy atom. The summed E-state index contributed by atoms with van der Waals surface area (Å²) in [7, 11) is -3.47. The number of para-hydroxylation sites is 1. The van der Waals surface area contributed by atoms with Gasteiger partial charge in [0.2, 0.25) is 10.0 Å². The Balaban J connectivity index is 1.77. The van der Waals surface area contributed by atoms with Crippen molar-refractivity contribution in [2.24, 2.45) is 0 Å². The van der Waals surface area contributed by atoms with E-state index in [-0.39, 0.29) is 5.75 Å². The van der Waals surface area contributed by atoms with Crippen LogP contribution in [0.25, 0.3) is 16.8 Å². The molecule has 7 nitrogen and oxygen atoms in total. The first-order valence-corrected chi connectivity index (χ1v) is 11.2. The second-order valence-corrected chi connectivity index (χ2v) is 8.87. The van der Waals surface area contributed by atoms with Crippen LogP contribution in [0.2, 0.25) is 0 Å². The maximum absolute atomic E-state index is 12.2. The number of ether oxygens (including phenoxy) is 1. The normalized spacial score (nSPS) is 11.5. The average Bonchev–Trinajstić information content (AvgIpc) is 3.14. The Hall–Kier alpha value is -3.39. The average molecular weight is 423 g/mol. The number of benzene rings is 2. The topological polar surface area (TPSA) is 85.6 Å². The van der Waals surface area contributed by atoms with Crippen LogP contribution in [0.1, 0.15) is 18.3 Å². The van der Waals surface area contributed by atoms with Crippen molar-refractivity contribution in [3.8, 4) is 16.9 Å². The second kappa shape index (κ2) is 8.16. The summed E-state index contributed by atoms with van der Waals surface area (Å²) in [6.07, 6.45) is 1.89. The Bertz CT molecular complexity index is 1280. The number of aromatic nitrogens is 3. The molecule has 0 saturated heterocycles. The van der Waals surface area contributed by atoms with Crippen LogP contribution in [0.15, 0.2) is 66.9 Å². The number of hydrogen-bond acceptors (Lipinski definition) is 5. The number of nitrogens with zero attached hydrogens (tertiary/aromatic N) is 3. The van der Waals surface area contributed by atoms with Gasteiger partial charge >= 0.3 is 0 Å². The summed E-state index contributed by atoms with van der Waals surface area (Å²) >= 11 is 0. The number of rotatable bonds is 7. The highest BCUT2D eigenvalue weighted by atomic mass is 32.2. The van der Waals surface area contributed by atoms with Crippen molar-refractivity contribution in [2.75, 3.05) is 10.5 Å². The van der Waals surface area contributed by atoms with Gasteiger partial charge in [-0.1, -0.05) is 48.5 Å². The standard InChI is InChI=1S/C22H22N4O3S/c1-3-30(27,28)25-20-13-18(14-26-16(2)23-24-22(20)26)19-11-7-8-12-21(19)29-15-17-9-5-4-6-10-17/h4-14,25H,3,15H2,1-2H3. The van der Waals surface area contributed by atoms with Gasteiger partial charge in [-0.05, 0) is 31.5 Å². The molecule has 0 amide bonds. The van der Waals surface area contributed by atoms with E-state index in [1.54, 1.807) is 17.4 Å². The van der Waals surface area contributed by atoms with E-state index < -0.39 is 10.0 Å². The van der Waals surface area contributed by atoms with Crippen LogP contribution in [0, 0.1) is 6.92 Å². The van der Waals surface area contributed by atoms with Gasteiger partial charge in [-0.2, -0.15) is 0 Å². The van der Waals surface area contributed by atoms with Crippen LogP contribution in [0.4, 0.5) is 5.69 Å². The van der Waals surface area contributed by atoms with Crippen LogP contribution in [0.5, 0.6) is 5.75 Å². The van der Waals surface area contributed by atoms with Gasteiger partial charge in [-0.15, -0.1) is 10.2 Å². The molecule has 0 unspecified atom stereocenters. The van der Waals surface area contributed by atoms with Crippen molar-refractivity contribution in [1.29, 1.82) is 0 Å². The molecule has 4 aromatic rings. The Morgan fingerprint density at radius 2 is 1.77 bits per heavy atom. The molecule has 0 radical (unpaired) electrons. The van der Waals surface area contributed by atoms with Crippen molar-refractivity contribution in [1.82, 2.24) is 14.6 Å². The summed E-state index contributed by atoms with van der Waals surface area (Å²) in [5, 5.41) is 8.22. The molecule has 0 bridgehead atoms. The summed E-state index contributed by atoms with van der Waals surface area (Å²) in [5.41, 5.74) is 3.54. The molecule has 154 valence electrons.